The lowest BCUT2D eigenvalue weighted by atomic mass is 10.3. The maximum atomic E-state index is 8.34. The lowest BCUT2D eigenvalue weighted by Crippen LogP contribution is -2.47. The molecule has 0 spiro atoms. The first-order chi connectivity index (χ1) is 3.93. The highest BCUT2D eigenvalue weighted by molar-refractivity contribution is 5.85. The normalized spacial score (nSPS) is 25.9. The molecule has 0 bridgehead atoms. The Kier molecular flexibility index (Phi) is 4.41. The number of nitriles is 1. The number of nitrogens with zero attached hydrogens (tertiary/aromatic N) is 1. The molecule has 0 radical (unpaired) electrons. The van der Waals surface area contributed by atoms with E-state index >= 15 is 0 Å². The standard InChI is InChI=1S/C5H9N3.ClH/c6-3-5-4-7-1-2-8-5;/h5,7-8H,1-2,4H2;1H. The van der Waals surface area contributed by atoms with Gasteiger partial charge in [0.05, 0.1) is 6.07 Å². The van der Waals surface area contributed by atoms with E-state index in [0.29, 0.717) is 0 Å². The van der Waals surface area contributed by atoms with Crippen molar-refractivity contribution >= 4 is 12.4 Å². The zero-order chi connectivity index (χ0) is 5.82. The molecule has 52 valence electrons. The molecule has 0 aromatic rings. The number of nitrogens with one attached hydrogen (secondary N) is 2. The second-order valence-corrected chi connectivity index (χ2v) is 1.84. The third-order valence-electron chi connectivity index (χ3n) is 1.20. The molecule has 0 aromatic heterocycles. The Labute approximate surface area is 60.8 Å². The van der Waals surface area contributed by atoms with Gasteiger partial charge in [0.2, 0.25) is 0 Å². The lowest BCUT2D eigenvalue weighted by molar-refractivity contribution is 0.477. The van der Waals surface area contributed by atoms with Crippen LogP contribution < -0.4 is 10.6 Å². The number of hydrogen-bond acceptors (Lipinski definition) is 3. The van der Waals surface area contributed by atoms with Crippen LogP contribution in [0.3, 0.4) is 0 Å². The van der Waals surface area contributed by atoms with Gasteiger partial charge in [0.15, 0.2) is 0 Å². The summed E-state index contributed by atoms with van der Waals surface area (Å²) in [6.45, 7) is 2.69. The average molecular weight is 148 g/mol. The molecule has 0 saturated carbocycles. The summed E-state index contributed by atoms with van der Waals surface area (Å²) in [6.07, 6.45) is 0. The maximum absolute atomic E-state index is 8.34. The van der Waals surface area contributed by atoms with E-state index in [0.717, 1.165) is 19.6 Å². The molecule has 1 fully saturated rings. The van der Waals surface area contributed by atoms with E-state index < -0.39 is 0 Å². The molecule has 2 N–H and O–H groups in total. The molecule has 9 heavy (non-hydrogen) atoms. The Morgan fingerprint density at radius 3 is 2.56 bits per heavy atom. The second kappa shape index (κ2) is 4.57. The van der Waals surface area contributed by atoms with Crippen molar-refractivity contribution in [1.82, 2.24) is 10.6 Å². The van der Waals surface area contributed by atoms with Crippen LogP contribution >= 0.6 is 12.4 Å². The second-order valence-electron chi connectivity index (χ2n) is 1.84. The lowest BCUT2D eigenvalue weighted by Gasteiger charge is -2.17. The molecule has 4 heteroatoms. The van der Waals surface area contributed by atoms with Crippen LogP contribution in [-0.2, 0) is 0 Å². The Morgan fingerprint density at radius 2 is 2.22 bits per heavy atom. The van der Waals surface area contributed by atoms with Gasteiger partial charge in [-0.2, -0.15) is 5.26 Å². The van der Waals surface area contributed by atoms with E-state index in [9.17, 15) is 0 Å². The fourth-order valence-corrected chi connectivity index (χ4v) is 0.745. The topological polar surface area (TPSA) is 47.9 Å². The first-order valence-corrected chi connectivity index (χ1v) is 2.77. The van der Waals surface area contributed by atoms with Crippen molar-refractivity contribution in [1.29, 1.82) is 5.26 Å². The SMILES string of the molecule is Cl.N#CC1CNCCN1. The highest BCUT2D eigenvalue weighted by Gasteiger charge is 2.08. The van der Waals surface area contributed by atoms with Crippen molar-refractivity contribution < 1.29 is 0 Å². The monoisotopic (exact) mass is 147 g/mol. The van der Waals surface area contributed by atoms with Crippen LogP contribution in [0.25, 0.3) is 0 Å². The number of rotatable bonds is 0. The van der Waals surface area contributed by atoms with Crippen molar-refractivity contribution in [2.24, 2.45) is 0 Å². The van der Waals surface area contributed by atoms with Crippen molar-refractivity contribution in [2.45, 2.75) is 6.04 Å². The molecule has 0 aromatic carbocycles. The molecule has 1 rings (SSSR count). The predicted molar refractivity (Wildman–Crippen MR) is 37.5 cm³/mol. The number of halogens is 1. The van der Waals surface area contributed by atoms with E-state index in [-0.39, 0.29) is 18.4 Å². The first-order valence-electron chi connectivity index (χ1n) is 2.77. The highest BCUT2D eigenvalue weighted by Crippen LogP contribution is 1.81. The van der Waals surface area contributed by atoms with Gasteiger partial charge in [0.1, 0.15) is 6.04 Å². The highest BCUT2D eigenvalue weighted by atomic mass is 35.5. The van der Waals surface area contributed by atoms with Crippen molar-refractivity contribution in [2.75, 3.05) is 19.6 Å². The van der Waals surface area contributed by atoms with Crippen LogP contribution in [0.2, 0.25) is 0 Å². The molecule has 0 aliphatic carbocycles. The van der Waals surface area contributed by atoms with Gasteiger partial charge in [-0.15, -0.1) is 12.4 Å². The summed E-state index contributed by atoms with van der Waals surface area (Å²) in [5, 5.41) is 14.5. The molecule has 0 amide bonds. The molecule has 1 atom stereocenters. The summed E-state index contributed by atoms with van der Waals surface area (Å²) >= 11 is 0. The van der Waals surface area contributed by atoms with Crippen LogP contribution in [0.4, 0.5) is 0 Å². The predicted octanol–water partition coefficient (Wildman–Crippen LogP) is -0.507. The van der Waals surface area contributed by atoms with Gasteiger partial charge in [0.25, 0.3) is 0 Å². The van der Waals surface area contributed by atoms with Gasteiger partial charge < -0.3 is 5.32 Å². The van der Waals surface area contributed by atoms with E-state index in [1.165, 1.54) is 0 Å². The van der Waals surface area contributed by atoms with E-state index in [1.807, 2.05) is 0 Å². The Balaban J connectivity index is 0.000000640. The minimum absolute atomic E-state index is 0. The van der Waals surface area contributed by atoms with Gasteiger partial charge in [-0.25, -0.2) is 0 Å². The summed E-state index contributed by atoms with van der Waals surface area (Å²) in [7, 11) is 0. The average Bonchev–Trinajstić information content (AvgIpc) is 1.90. The molecule has 1 unspecified atom stereocenters. The smallest absolute Gasteiger partial charge is 0.108 e. The van der Waals surface area contributed by atoms with Gasteiger partial charge in [-0.05, 0) is 0 Å². The molecule has 3 nitrogen and oxygen atoms in total. The molecule has 1 heterocycles. The zero-order valence-corrected chi connectivity index (χ0v) is 5.87. The van der Waals surface area contributed by atoms with Gasteiger partial charge in [-0.3, -0.25) is 5.32 Å². The van der Waals surface area contributed by atoms with E-state index in [1.54, 1.807) is 0 Å². The van der Waals surface area contributed by atoms with Crippen LogP contribution in [0.15, 0.2) is 0 Å². The van der Waals surface area contributed by atoms with E-state index in [4.69, 9.17) is 5.26 Å². The third kappa shape index (κ3) is 2.66. The first kappa shape index (κ1) is 8.70. The van der Waals surface area contributed by atoms with Crippen LogP contribution in [0.1, 0.15) is 0 Å². The fraction of sp³-hybridized carbons (Fsp3) is 0.800. The van der Waals surface area contributed by atoms with Gasteiger partial charge in [-0.1, -0.05) is 0 Å². The molecular formula is C5H10ClN3. The third-order valence-corrected chi connectivity index (χ3v) is 1.20. The largest absolute Gasteiger partial charge is 0.313 e. The molecule has 1 saturated heterocycles. The molecular weight excluding hydrogens is 138 g/mol. The Morgan fingerprint density at radius 1 is 1.44 bits per heavy atom. The van der Waals surface area contributed by atoms with Gasteiger partial charge >= 0.3 is 0 Å². The zero-order valence-electron chi connectivity index (χ0n) is 5.05. The summed E-state index contributed by atoms with van der Waals surface area (Å²) in [4.78, 5) is 0. The minimum atomic E-state index is 0. The maximum Gasteiger partial charge on any atom is 0.108 e. The number of hydrogen-bond donors (Lipinski definition) is 2. The Hall–Kier alpha value is -0.300. The quantitative estimate of drug-likeness (QED) is 0.486. The van der Waals surface area contributed by atoms with Crippen molar-refractivity contribution in [3.63, 3.8) is 0 Å². The summed E-state index contributed by atoms with van der Waals surface area (Å²) in [5.74, 6) is 0. The molecule has 1 aliphatic heterocycles. The van der Waals surface area contributed by atoms with Crippen molar-refractivity contribution in [3.8, 4) is 6.07 Å². The van der Waals surface area contributed by atoms with Gasteiger partial charge in [0, 0.05) is 19.6 Å². The van der Waals surface area contributed by atoms with Crippen LogP contribution in [0.5, 0.6) is 0 Å². The van der Waals surface area contributed by atoms with E-state index in [2.05, 4.69) is 16.7 Å². The fourth-order valence-electron chi connectivity index (χ4n) is 0.745. The minimum Gasteiger partial charge on any atom is -0.313 e. The summed E-state index contributed by atoms with van der Waals surface area (Å²) < 4.78 is 0. The van der Waals surface area contributed by atoms with Crippen molar-refractivity contribution in [3.05, 3.63) is 0 Å². The number of piperazine rings is 1. The molecule has 1 aliphatic rings. The summed E-state index contributed by atoms with van der Waals surface area (Å²) in [5.41, 5.74) is 0. The Bertz CT molecular complexity index is 103. The summed E-state index contributed by atoms with van der Waals surface area (Å²) in [6, 6.07) is 2.16. The van der Waals surface area contributed by atoms with Crippen LogP contribution in [0, 0.1) is 11.3 Å². The van der Waals surface area contributed by atoms with Crippen LogP contribution in [-0.4, -0.2) is 25.7 Å².